The molecule has 2 heterocycles. The molecule has 1 aromatic carbocycles. The molecule has 17 heavy (non-hydrogen) atoms. The zero-order valence-electron chi connectivity index (χ0n) is 9.99. The quantitative estimate of drug-likeness (QED) is 0.834. The summed E-state index contributed by atoms with van der Waals surface area (Å²) in [4.78, 5) is 0. The van der Waals surface area contributed by atoms with E-state index < -0.39 is 0 Å². The molecule has 3 nitrogen and oxygen atoms in total. The van der Waals surface area contributed by atoms with Crippen molar-refractivity contribution in [3.8, 4) is 11.5 Å². The Hall–Kier alpha value is -0.930. The summed E-state index contributed by atoms with van der Waals surface area (Å²) in [6, 6.07) is 6.13. The first-order valence-electron chi connectivity index (χ1n) is 5.88. The van der Waals surface area contributed by atoms with Crippen LogP contribution < -0.4 is 14.8 Å². The van der Waals surface area contributed by atoms with Crippen LogP contribution >= 0.6 is 12.4 Å². The summed E-state index contributed by atoms with van der Waals surface area (Å²) in [6.07, 6.45) is 3.35. The lowest BCUT2D eigenvalue weighted by Crippen LogP contribution is -2.41. The van der Waals surface area contributed by atoms with Crippen LogP contribution in [0, 0.1) is 0 Å². The van der Waals surface area contributed by atoms with Gasteiger partial charge in [0.05, 0.1) is 7.11 Å². The van der Waals surface area contributed by atoms with Gasteiger partial charge in [0.2, 0.25) is 0 Å². The van der Waals surface area contributed by atoms with Crippen molar-refractivity contribution in [2.45, 2.75) is 24.9 Å². The van der Waals surface area contributed by atoms with Gasteiger partial charge in [0, 0.05) is 19.0 Å². The van der Waals surface area contributed by atoms with E-state index in [9.17, 15) is 0 Å². The molecule has 0 bridgehead atoms. The molecule has 0 amide bonds. The number of hydrogen-bond donors (Lipinski definition) is 1. The molecule has 0 aliphatic carbocycles. The van der Waals surface area contributed by atoms with Crippen molar-refractivity contribution < 1.29 is 9.47 Å². The van der Waals surface area contributed by atoms with Gasteiger partial charge in [-0.15, -0.1) is 12.4 Å². The zero-order chi connectivity index (χ0) is 11.0. The molecule has 2 aliphatic rings. The average molecular weight is 256 g/mol. The largest absolute Gasteiger partial charge is 0.497 e. The predicted octanol–water partition coefficient (Wildman–Crippen LogP) is 2.17. The van der Waals surface area contributed by atoms with Crippen molar-refractivity contribution in [1.29, 1.82) is 0 Å². The molecule has 4 heteroatoms. The van der Waals surface area contributed by atoms with Crippen LogP contribution in [0.25, 0.3) is 0 Å². The number of aryl methyl sites for hydroxylation is 1. The number of benzene rings is 1. The Kier molecular flexibility index (Phi) is 3.50. The highest BCUT2D eigenvalue weighted by Gasteiger charge is 2.39. The predicted molar refractivity (Wildman–Crippen MR) is 69.4 cm³/mol. The van der Waals surface area contributed by atoms with Crippen molar-refractivity contribution in [3.63, 3.8) is 0 Å². The van der Waals surface area contributed by atoms with Crippen LogP contribution in [0.2, 0.25) is 0 Å². The second kappa shape index (κ2) is 4.75. The van der Waals surface area contributed by atoms with Crippen LogP contribution in [0.4, 0.5) is 0 Å². The molecular formula is C13H18ClNO2. The monoisotopic (exact) mass is 255 g/mol. The number of rotatable bonds is 1. The number of ether oxygens (including phenoxy) is 2. The van der Waals surface area contributed by atoms with Crippen LogP contribution in [0.15, 0.2) is 18.2 Å². The minimum Gasteiger partial charge on any atom is -0.497 e. The highest BCUT2D eigenvalue weighted by Crippen LogP contribution is 2.38. The van der Waals surface area contributed by atoms with E-state index in [4.69, 9.17) is 9.47 Å². The number of nitrogens with one attached hydrogen (secondary N) is 1. The van der Waals surface area contributed by atoms with Crippen molar-refractivity contribution in [2.24, 2.45) is 0 Å². The Balaban J connectivity index is 0.00000108. The Morgan fingerprint density at radius 2 is 2.24 bits per heavy atom. The molecule has 94 valence electrons. The van der Waals surface area contributed by atoms with E-state index in [-0.39, 0.29) is 18.0 Å². The topological polar surface area (TPSA) is 30.5 Å². The highest BCUT2D eigenvalue weighted by atomic mass is 35.5. The van der Waals surface area contributed by atoms with Gasteiger partial charge in [-0.1, -0.05) is 6.07 Å². The summed E-state index contributed by atoms with van der Waals surface area (Å²) in [5, 5.41) is 3.39. The Bertz CT molecular complexity index is 402. The molecule has 1 aromatic rings. The fourth-order valence-corrected chi connectivity index (χ4v) is 2.63. The maximum absolute atomic E-state index is 6.18. The molecule has 1 fully saturated rings. The number of methoxy groups -OCH3 is 1. The van der Waals surface area contributed by atoms with Crippen molar-refractivity contribution in [1.82, 2.24) is 5.32 Å². The summed E-state index contributed by atoms with van der Waals surface area (Å²) in [6.45, 7) is 2.04. The standard InChI is InChI=1S/C13H17NO2.ClH/c1-15-11-3-2-10-4-5-13(6-7-14-9-13)16-12(10)8-11;/h2-3,8,14H,4-7,9H2,1H3;1H. The first-order valence-corrected chi connectivity index (χ1v) is 5.88. The summed E-state index contributed by atoms with van der Waals surface area (Å²) in [5.41, 5.74) is 1.35. The lowest BCUT2D eigenvalue weighted by atomic mass is 9.90. The van der Waals surface area contributed by atoms with Gasteiger partial charge in [0.25, 0.3) is 0 Å². The first-order chi connectivity index (χ1) is 7.81. The zero-order valence-corrected chi connectivity index (χ0v) is 10.8. The first kappa shape index (κ1) is 12.5. The van der Waals surface area contributed by atoms with E-state index in [1.807, 2.05) is 12.1 Å². The summed E-state index contributed by atoms with van der Waals surface area (Å²) in [7, 11) is 1.69. The fourth-order valence-electron chi connectivity index (χ4n) is 2.63. The highest BCUT2D eigenvalue weighted by molar-refractivity contribution is 5.85. The number of halogens is 1. The molecule has 0 aromatic heterocycles. The van der Waals surface area contributed by atoms with Crippen LogP contribution in [0.1, 0.15) is 18.4 Å². The Morgan fingerprint density at radius 1 is 1.35 bits per heavy atom. The van der Waals surface area contributed by atoms with Gasteiger partial charge in [0.15, 0.2) is 0 Å². The normalized spacial score (nSPS) is 25.9. The van der Waals surface area contributed by atoms with Gasteiger partial charge in [-0.05, 0) is 31.0 Å². The molecule has 0 saturated carbocycles. The van der Waals surface area contributed by atoms with Gasteiger partial charge >= 0.3 is 0 Å². The minimum atomic E-state index is 0. The number of fused-ring (bicyclic) bond motifs is 1. The van der Waals surface area contributed by atoms with Gasteiger partial charge in [-0.25, -0.2) is 0 Å². The van der Waals surface area contributed by atoms with Crippen LogP contribution in [-0.4, -0.2) is 25.8 Å². The van der Waals surface area contributed by atoms with Crippen molar-refractivity contribution >= 4 is 12.4 Å². The molecule has 1 unspecified atom stereocenters. The van der Waals surface area contributed by atoms with Crippen molar-refractivity contribution in [2.75, 3.05) is 20.2 Å². The smallest absolute Gasteiger partial charge is 0.127 e. The molecule has 0 radical (unpaired) electrons. The maximum Gasteiger partial charge on any atom is 0.127 e. The van der Waals surface area contributed by atoms with Crippen LogP contribution in [-0.2, 0) is 6.42 Å². The van der Waals surface area contributed by atoms with E-state index >= 15 is 0 Å². The van der Waals surface area contributed by atoms with E-state index in [2.05, 4.69) is 11.4 Å². The third-order valence-electron chi connectivity index (χ3n) is 3.66. The maximum atomic E-state index is 6.18. The minimum absolute atomic E-state index is 0. The van der Waals surface area contributed by atoms with E-state index in [1.165, 1.54) is 5.56 Å². The van der Waals surface area contributed by atoms with E-state index in [0.717, 1.165) is 43.9 Å². The molecule has 1 saturated heterocycles. The van der Waals surface area contributed by atoms with Gasteiger partial charge in [-0.2, -0.15) is 0 Å². The van der Waals surface area contributed by atoms with Gasteiger partial charge in [-0.3, -0.25) is 0 Å². The molecule has 1 spiro atoms. The lowest BCUT2D eigenvalue weighted by Gasteiger charge is -2.35. The third kappa shape index (κ3) is 2.22. The summed E-state index contributed by atoms with van der Waals surface area (Å²) < 4.78 is 11.4. The van der Waals surface area contributed by atoms with Crippen LogP contribution in [0.3, 0.4) is 0 Å². The SMILES string of the molecule is COc1ccc2c(c1)OC1(CCNC1)CC2.Cl. The lowest BCUT2D eigenvalue weighted by molar-refractivity contribution is 0.0661. The van der Waals surface area contributed by atoms with Crippen molar-refractivity contribution in [3.05, 3.63) is 23.8 Å². The molecule has 1 N–H and O–H groups in total. The second-order valence-corrected chi connectivity index (χ2v) is 4.69. The van der Waals surface area contributed by atoms with Crippen LogP contribution in [0.5, 0.6) is 11.5 Å². The average Bonchev–Trinajstić information content (AvgIpc) is 2.76. The molecular weight excluding hydrogens is 238 g/mol. The summed E-state index contributed by atoms with van der Waals surface area (Å²) in [5.74, 6) is 1.89. The number of hydrogen-bond acceptors (Lipinski definition) is 3. The molecule has 3 rings (SSSR count). The third-order valence-corrected chi connectivity index (χ3v) is 3.66. The van der Waals surface area contributed by atoms with Gasteiger partial charge in [0.1, 0.15) is 17.1 Å². The Morgan fingerprint density at radius 3 is 2.94 bits per heavy atom. The van der Waals surface area contributed by atoms with E-state index in [1.54, 1.807) is 7.11 Å². The summed E-state index contributed by atoms with van der Waals surface area (Å²) >= 11 is 0. The Labute approximate surface area is 108 Å². The fraction of sp³-hybridized carbons (Fsp3) is 0.538. The van der Waals surface area contributed by atoms with Gasteiger partial charge < -0.3 is 14.8 Å². The molecule has 1 atom stereocenters. The molecule has 2 aliphatic heterocycles. The second-order valence-electron chi connectivity index (χ2n) is 4.69. The van der Waals surface area contributed by atoms with E-state index in [0.29, 0.717) is 0 Å².